The van der Waals surface area contributed by atoms with Crippen molar-refractivity contribution in [3.8, 4) is 0 Å². The molecule has 0 aliphatic rings. The molecule has 0 bridgehead atoms. The number of benzene rings is 1. The zero-order chi connectivity index (χ0) is 22.3. The van der Waals surface area contributed by atoms with Crippen molar-refractivity contribution in [2.75, 3.05) is 32.7 Å². The number of sulfone groups is 1. The van der Waals surface area contributed by atoms with E-state index in [0.29, 0.717) is 12.1 Å². The first kappa shape index (κ1) is 24.5. The predicted molar refractivity (Wildman–Crippen MR) is 119 cm³/mol. The highest BCUT2D eigenvalue weighted by Crippen LogP contribution is 2.21. The minimum atomic E-state index is -3.59. The number of hydrogen-bond acceptors (Lipinski definition) is 5. The number of aromatic nitrogens is 2. The van der Waals surface area contributed by atoms with Crippen molar-refractivity contribution in [3.05, 3.63) is 47.5 Å². The molecule has 0 unspecified atom stereocenters. The third-order valence-electron chi connectivity index (χ3n) is 5.52. The van der Waals surface area contributed by atoms with E-state index in [1.165, 1.54) is 6.07 Å². The second-order valence-corrected chi connectivity index (χ2v) is 10.1. The zero-order valence-corrected chi connectivity index (χ0v) is 19.6. The molecule has 0 N–H and O–H groups in total. The molecule has 8 heteroatoms. The van der Waals surface area contributed by atoms with Crippen LogP contribution in [0.4, 0.5) is 4.39 Å². The van der Waals surface area contributed by atoms with Crippen LogP contribution in [0.25, 0.3) is 0 Å². The molecule has 1 heterocycles. The third-order valence-corrected chi connectivity index (χ3v) is 7.60. The van der Waals surface area contributed by atoms with Crippen LogP contribution in [0, 0.1) is 5.82 Å². The number of halogens is 1. The highest BCUT2D eigenvalue weighted by atomic mass is 32.2. The lowest BCUT2D eigenvalue weighted by molar-refractivity contribution is 0.212. The molecule has 1 aromatic heterocycles. The summed E-state index contributed by atoms with van der Waals surface area (Å²) in [6.45, 7) is 15.0. The van der Waals surface area contributed by atoms with Gasteiger partial charge >= 0.3 is 0 Å². The van der Waals surface area contributed by atoms with Gasteiger partial charge in [-0.1, -0.05) is 39.0 Å². The van der Waals surface area contributed by atoms with Gasteiger partial charge < -0.3 is 9.47 Å². The number of nitrogens with zero attached hydrogens (tertiary/aromatic N) is 4. The first-order valence-electron chi connectivity index (χ1n) is 10.7. The Labute approximate surface area is 180 Å². The fourth-order valence-electron chi connectivity index (χ4n) is 3.32. The first-order chi connectivity index (χ1) is 14.2. The van der Waals surface area contributed by atoms with Crippen LogP contribution in [0.1, 0.15) is 45.9 Å². The van der Waals surface area contributed by atoms with Crippen LogP contribution < -0.4 is 0 Å². The molecule has 1 aromatic carbocycles. The van der Waals surface area contributed by atoms with E-state index in [0.717, 1.165) is 38.4 Å². The third kappa shape index (κ3) is 5.89. The molecule has 2 rings (SSSR count). The van der Waals surface area contributed by atoms with E-state index in [9.17, 15) is 12.8 Å². The van der Waals surface area contributed by atoms with Crippen LogP contribution in [0.3, 0.4) is 0 Å². The summed E-state index contributed by atoms with van der Waals surface area (Å²) < 4.78 is 41.8. The van der Waals surface area contributed by atoms with Crippen LogP contribution in [0.2, 0.25) is 0 Å². The summed E-state index contributed by atoms with van der Waals surface area (Å²) >= 11 is 0. The smallest absolute Gasteiger partial charge is 0.228 e. The average Bonchev–Trinajstić information content (AvgIpc) is 3.12. The van der Waals surface area contributed by atoms with Crippen molar-refractivity contribution >= 4 is 9.84 Å². The number of rotatable bonds is 12. The molecule has 6 nitrogen and oxygen atoms in total. The van der Waals surface area contributed by atoms with Gasteiger partial charge in [0.25, 0.3) is 0 Å². The Kier molecular flexibility index (Phi) is 9.00. The number of likely N-dealkylation sites (N-methyl/N-ethyl adjacent to an activating group) is 2. The molecular formula is C22H35FN4O2S. The molecule has 0 fully saturated rings. The van der Waals surface area contributed by atoms with E-state index in [1.54, 1.807) is 42.8 Å². The van der Waals surface area contributed by atoms with Gasteiger partial charge in [-0.15, -0.1) is 0 Å². The molecule has 0 aliphatic heterocycles. The second kappa shape index (κ2) is 11.0. The molecule has 0 atom stereocenters. The first-order valence-corrected chi connectivity index (χ1v) is 12.3. The SMILES string of the molecule is CCN(CC)CCN(CC)Cc1cnc(S(=O)(=O)C(C)C)n1Cc1ccccc1F. The average molecular weight is 439 g/mol. The summed E-state index contributed by atoms with van der Waals surface area (Å²) in [6, 6.07) is 6.47. The molecule has 0 aliphatic carbocycles. The van der Waals surface area contributed by atoms with Crippen LogP contribution in [0.5, 0.6) is 0 Å². The topological polar surface area (TPSA) is 58.4 Å². The molecule has 2 aromatic rings. The monoisotopic (exact) mass is 438 g/mol. The number of hydrogen-bond donors (Lipinski definition) is 0. The van der Waals surface area contributed by atoms with Gasteiger partial charge in [0.15, 0.2) is 0 Å². The van der Waals surface area contributed by atoms with E-state index in [2.05, 4.69) is 35.6 Å². The lowest BCUT2D eigenvalue weighted by atomic mass is 10.2. The Bertz CT molecular complexity index is 908. The van der Waals surface area contributed by atoms with Gasteiger partial charge in [-0.3, -0.25) is 4.90 Å². The van der Waals surface area contributed by atoms with Crippen molar-refractivity contribution < 1.29 is 12.8 Å². The Morgan fingerprint density at radius 2 is 1.63 bits per heavy atom. The fraction of sp³-hybridized carbons (Fsp3) is 0.591. The van der Waals surface area contributed by atoms with E-state index >= 15 is 0 Å². The Hall–Kier alpha value is -1.77. The van der Waals surface area contributed by atoms with Crippen molar-refractivity contribution in [2.24, 2.45) is 0 Å². The van der Waals surface area contributed by atoms with Gasteiger partial charge in [-0.05, 0) is 39.5 Å². The minimum Gasteiger partial charge on any atom is -0.313 e. The van der Waals surface area contributed by atoms with Gasteiger partial charge in [-0.2, -0.15) is 0 Å². The van der Waals surface area contributed by atoms with E-state index in [-0.39, 0.29) is 17.5 Å². The Morgan fingerprint density at radius 1 is 1.03 bits per heavy atom. The molecule has 0 amide bonds. The molecule has 30 heavy (non-hydrogen) atoms. The molecule has 0 radical (unpaired) electrons. The summed E-state index contributed by atoms with van der Waals surface area (Å²) in [6.07, 6.45) is 1.62. The molecule has 0 saturated heterocycles. The van der Waals surface area contributed by atoms with Crippen LogP contribution in [-0.4, -0.2) is 65.7 Å². The summed E-state index contributed by atoms with van der Waals surface area (Å²) in [5, 5.41) is -0.590. The van der Waals surface area contributed by atoms with Gasteiger partial charge in [0.05, 0.1) is 23.7 Å². The highest BCUT2D eigenvalue weighted by Gasteiger charge is 2.27. The number of imidazole rings is 1. The van der Waals surface area contributed by atoms with Gasteiger partial charge in [0.1, 0.15) is 5.82 Å². The van der Waals surface area contributed by atoms with Gasteiger partial charge in [-0.25, -0.2) is 17.8 Å². The van der Waals surface area contributed by atoms with E-state index in [4.69, 9.17) is 0 Å². The lowest BCUT2D eigenvalue weighted by Gasteiger charge is -2.25. The highest BCUT2D eigenvalue weighted by molar-refractivity contribution is 7.91. The Morgan fingerprint density at radius 3 is 2.20 bits per heavy atom. The molecule has 0 spiro atoms. The zero-order valence-electron chi connectivity index (χ0n) is 18.8. The van der Waals surface area contributed by atoms with Gasteiger partial charge in [0.2, 0.25) is 15.0 Å². The predicted octanol–water partition coefficient (Wildman–Crippen LogP) is 3.42. The quantitative estimate of drug-likeness (QED) is 0.508. The summed E-state index contributed by atoms with van der Waals surface area (Å²) in [7, 11) is -3.59. The maximum absolute atomic E-state index is 14.3. The maximum atomic E-state index is 14.3. The van der Waals surface area contributed by atoms with Crippen molar-refractivity contribution in [2.45, 2.75) is 58.1 Å². The second-order valence-electron chi connectivity index (χ2n) is 7.70. The summed E-state index contributed by atoms with van der Waals surface area (Å²) in [5.74, 6) is -0.348. The molecular weight excluding hydrogens is 403 g/mol. The van der Waals surface area contributed by atoms with Crippen molar-refractivity contribution in [1.29, 1.82) is 0 Å². The fourth-order valence-corrected chi connectivity index (χ4v) is 4.43. The Balaban J connectivity index is 2.36. The lowest BCUT2D eigenvalue weighted by Crippen LogP contribution is -2.35. The van der Waals surface area contributed by atoms with Crippen LogP contribution in [0.15, 0.2) is 35.6 Å². The standard InChI is InChI=1S/C22H35FN4O2S/c1-6-25(7-2)13-14-26(8-3)17-20-15-24-22(30(28,29)18(4)5)27(20)16-19-11-9-10-12-21(19)23/h9-12,15,18H,6-8,13-14,16-17H2,1-5H3. The van der Waals surface area contributed by atoms with Crippen LogP contribution >= 0.6 is 0 Å². The molecule has 168 valence electrons. The summed E-state index contributed by atoms with van der Waals surface area (Å²) in [5.41, 5.74) is 1.22. The molecule has 0 saturated carbocycles. The maximum Gasteiger partial charge on any atom is 0.228 e. The van der Waals surface area contributed by atoms with E-state index < -0.39 is 15.1 Å². The van der Waals surface area contributed by atoms with E-state index in [1.807, 2.05) is 0 Å². The normalized spacial score (nSPS) is 12.4. The largest absolute Gasteiger partial charge is 0.313 e. The van der Waals surface area contributed by atoms with Crippen molar-refractivity contribution in [1.82, 2.24) is 19.4 Å². The van der Waals surface area contributed by atoms with Crippen LogP contribution in [-0.2, 0) is 22.9 Å². The summed E-state index contributed by atoms with van der Waals surface area (Å²) in [4.78, 5) is 8.88. The minimum absolute atomic E-state index is 0.00977. The van der Waals surface area contributed by atoms with Crippen molar-refractivity contribution in [3.63, 3.8) is 0 Å². The van der Waals surface area contributed by atoms with Gasteiger partial charge in [0, 0.05) is 25.2 Å².